The van der Waals surface area contributed by atoms with Gasteiger partial charge in [-0.05, 0) is 19.3 Å². The Balaban J connectivity index is 1.87. The quantitative estimate of drug-likeness (QED) is 0.581. The van der Waals surface area contributed by atoms with Crippen LogP contribution >= 0.6 is 0 Å². The number of aromatic nitrogens is 4. The topological polar surface area (TPSA) is 136 Å². The molecule has 31 heavy (non-hydrogen) atoms. The minimum Gasteiger partial charge on any atom is -0.492 e. The van der Waals surface area contributed by atoms with Gasteiger partial charge in [0.2, 0.25) is 15.9 Å². The van der Waals surface area contributed by atoms with Crippen molar-refractivity contribution >= 4 is 15.7 Å². The van der Waals surface area contributed by atoms with Gasteiger partial charge < -0.3 is 9.84 Å². The van der Waals surface area contributed by atoms with Gasteiger partial charge in [0.15, 0.2) is 11.5 Å². The van der Waals surface area contributed by atoms with E-state index >= 15 is 0 Å². The number of aromatic hydroxyl groups is 1. The first-order valence-electron chi connectivity index (χ1n) is 10.2. The van der Waals surface area contributed by atoms with E-state index in [0.717, 1.165) is 31.7 Å². The summed E-state index contributed by atoms with van der Waals surface area (Å²) >= 11 is 0. The summed E-state index contributed by atoms with van der Waals surface area (Å²) in [4.78, 5) is 24.7. The summed E-state index contributed by atoms with van der Waals surface area (Å²) < 4.78 is 47.1. The van der Waals surface area contributed by atoms with Gasteiger partial charge in [0.05, 0.1) is 30.8 Å². The normalized spacial score (nSPS) is 16.9. The van der Waals surface area contributed by atoms with Crippen molar-refractivity contribution in [1.29, 1.82) is 0 Å². The molecule has 3 heterocycles. The van der Waals surface area contributed by atoms with Crippen LogP contribution in [0, 0.1) is 5.82 Å². The molecule has 0 radical (unpaired) electrons. The summed E-state index contributed by atoms with van der Waals surface area (Å²) in [5.41, 5.74) is -1.15. The third-order valence-electron chi connectivity index (χ3n) is 4.95. The molecule has 0 bridgehead atoms. The lowest BCUT2D eigenvalue weighted by Gasteiger charge is -2.27. The van der Waals surface area contributed by atoms with E-state index in [0.29, 0.717) is 31.9 Å². The van der Waals surface area contributed by atoms with E-state index in [1.54, 1.807) is 0 Å². The summed E-state index contributed by atoms with van der Waals surface area (Å²) in [6.45, 7) is 2.92. The van der Waals surface area contributed by atoms with Gasteiger partial charge in [0.25, 0.3) is 5.56 Å². The number of halogens is 1. The highest BCUT2D eigenvalue weighted by Gasteiger charge is 2.26. The van der Waals surface area contributed by atoms with Crippen LogP contribution in [-0.4, -0.2) is 52.0 Å². The number of rotatable bonds is 9. The van der Waals surface area contributed by atoms with Crippen LogP contribution in [0.15, 0.2) is 17.2 Å². The average molecular weight is 456 g/mol. The highest BCUT2D eigenvalue weighted by Crippen LogP contribution is 2.24. The van der Waals surface area contributed by atoms with E-state index in [2.05, 4.69) is 19.7 Å². The van der Waals surface area contributed by atoms with Crippen molar-refractivity contribution in [3.8, 4) is 5.88 Å². The second-order valence-electron chi connectivity index (χ2n) is 7.36. The molecule has 10 nitrogen and oxygen atoms in total. The Morgan fingerprint density at radius 1 is 1.32 bits per heavy atom. The first kappa shape index (κ1) is 23.1. The third-order valence-corrected chi connectivity index (χ3v) is 6.21. The Hall–Kier alpha value is -2.60. The van der Waals surface area contributed by atoms with Crippen molar-refractivity contribution in [2.45, 2.75) is 51.5 Å². The van der Waals surface area contributed by atoms with Crippen LogP contribution in [-0.2, 0) is 27.6 Å². The minimum atomic E-state index is -4.03. The number of unbranched alkanes of at least 4 members (excludes halogenated alkanes) is 1. The Bertz CT molecular complexity index is 1050. The molecule has 1 unspecified atom stereocenters. The zero-order valence-corrected chi connectivity index (χ0v) is 18.1. The molecule has 0 saturated carbocycles. The lowest BCUT2D eigenvalue weighted by atomic mass is 10.1. The number of nitrogens with zero attached hydrogens (tertiary/aromatic N) is 4. The van der Waals surface area contributed by atoms with Crippen LogP contribution in [0.1, 0.15) is 50.3 Å². The molecule has 1 aliphatic heterocycles. The van der Waals surface area contributed by atoms with E-state index in [-0.39, 0.29) is 18.3 Å². The summed E-state index contributed by atoms with van der Waals surface area (Å²) in [6.07, 6.45) is 5.37. The first-order chi connectivity index (χ1) is 14.8. The summed E-state index contributed by atoms with van der Waals surface area (Å²) in [6, 6.07) is -0.280. The van der Waals surface area contributed by atoms with Gasteiger partial charge in [0, 0.05) is 19.4 Å². The zero-order chi connectivity index (χ0) is 22.4. The molecular weight excluding hydrogens is 429 g/mol. The molecule has 0 aromatic carbocycles. The van der Waals surface area contributed by atoms with E-state index in [4.69, 9.17) is 4.74 Å². The molecule has 170 valence electrons. The number of anilines is 1. The van der Waals surface area contributed by atoms with Gasteiger partial charge in [-0.3, -0.25) is 14.1 Å². The van der Waals surface area contributed by atoms with Crippen molar-refractivity contribution in [3.05, 3.63) is 40.2 Å². The predicted molar refractivity (Wildman–Crippen MR) is 111 cm³/mol. The SMILES string of the molecule is CCCCc1nc(O)c(NS(=O)(=O)CCc2ncc(F)cn2)c(=O)n1C1CCCOC1. The second kappa shape index (κ2) is 10.1. The van der Waals surface area contributed by atoms with Crippen molar-refractivity contribution in [3.63, 3.8) is 0 Å². The number of hydrogen-bond donors (Lipinski definition) is 2. The molecule has 2 aromatic heterocycles. The molecule has 0 amide bonds. The van der Waals surface area contributed by atoms with Gasteiger partial charge in [-0.25, -0.2) is 22.8 Å². The van der Waals surface area contributed by atoms with E-state index in [1.165, 1.54) is 4.57 Å². The summed E-state index contributed by atoms with van der Waals surface area (Å²) in [5.74, 6) is -1.20. The lowest BCUT2D eigenvalue weighted by molar-refractivity contribution is 0.0564. The van der Waals surface area contributed by atoms with Gasteiger partial charge in [-0.2, -0.15) is 4.98 Å². The largest absolute Gasteiger partial charge is 0.492 e. The predicted octanol–water partition coefficient (Wildman–Crippen LogP) is 1.56. The molecule has 0 aliphatic carbocycles. The second-order valence-corrected chi connectivity index (χ2v) is 9.21. The van der Waals surface area contributed by atoms with Crippen molar-refractivity contribution < 1.29 is 22.7 Å². The Morgan fingerprint density at radius 2 is 2.06 bits per heavy atom. The fraction of sp³-hybridized carbons (Fsp3) is 0.579. The van der Waals surface area contributed by atoms with Gasteiger partial charge in [-0.1, -0.05) is 13.3 Å². The lowest BCUT2D eigenvalue weighted by Crippen LogP contribution is -2.36. The maximum atomic E-state index is 13.2. The molecule has 0 spiro atoms. The Kier molecular flexibility index (Phi) is 7.55. The summed E-state index contributed by atoms with van der Waals surface area (Å²) in [5, 5.41) is 10.3. The fourth-order valence-corrected chi connectivity index (χ4v) is 4.41. The number of aryl methyl sites for hydroxylation is 2. The Morgan fingerprint density at radius 3 is 2.71 bits per heavy atom. The molecule has 1 aliphatic rings. The molecule has 2 N–H and O–H groups in total. The third kappa shape index (κ3) is 5.97. The van der Waals surface area contributed by atoms with Gasteiger partial charge in [0.1, 0.15) is 11.6 Å². The van der Waals surface area contributed by atoms with Crippen LogP contribution in [0.4, 0.5) is 10.1 Å². The number of nitrogens with one attached hydrogen (secondary N) is 1. The molecule has 2 aromatic rings. The standard InChI is InChI=1S/C19H26FN5O5S/c1-2-3-6-16-23-18(26)17(19(27)25(16)14-5-4-8-30-12-14)24-31(28,29)9-7-15-21-10-13(20)11-22-15/h10-11,14,24,26H,2-9,12H2,1H3. The maximum absolute atomic E-state index is 13.2. The van der Waals surface area contributed by atoms with Crippen molar-refractivity contribution in [2.75, 3.05) is 23.7 Å². The van der Waals surface area contributed by atoms with Crippen LogP contribution in [0.5, 0.6) is 5.88 Å². The number of hydrogen-bond acceptors (Lipinski definition) is 8. The van der Waals surface area contributed by atoms with Crippen LogP contribution in [0.25, 0.3) is 0 Å². The Labute approximate surface area is 179 Å². The van der Waals surface area contributed by atoms with Crippen LogP contribution in [0.2, 0.25) is 0 Å². The zero-order valence-electron chi connectivity index (χ0n) is 17.3. The van der Waals surface area contributed by atoms with E-state index in [9.17, 15) is 22.7 Å². The number of ether oxygens (including phenoxy) is 1. The number of sulfonamides is 1. The van der Waals surface area contributed by atoms with Crippen molar-refractivity contribution in [2.24, 2.45) is 0 Å². The molecule has 1 saturated heterocycles. The van der Waals surface area contributed by atoms with Crippen LogP contribution in [0.3, 0.4) is 0 Å². The van der Waals surface area contributed by atoms with E-state index in [1.807, 2.05) is 6.92 Å². The average Bonchev–Trinajstić information content (AvgIpc) is 2.75. The van der Waals surface area contributed by atoms with Crippen LogP contribution < -0.4 is 10.3 Å². The smallest absolute Gasteiger partial charge is 0.282 e. The molecular formula is C19H26FN5O5S. The summed E-state index contributed by atoms with van der Waals surface area (Å²) in [7, 11) is -4.03. The van der Waals surface area contributed by atoms with Gasteiger partial charge >= 0.3 is 0 Å². The fourth-order valence-electron chi connectivity index (χ4n) is 3.37. The minimum absolute atomic E-state index is 0.0942. The highest BCUT2D eigenvalue weighted by atomic mass is 32.2. The molecule has 1 fully saturated rings. The molecule has 1 atom stereocenters. The van der Waals surface area contributed by atoms with Gasteiger partial charge in [-0.15, -0.1) is 0 Å². The molecule has 12 heteroatoms. The van der Waals surface area contributed by atoms with E-state index < -0.39 is 38.7 Å². The highest BCUT2D eigenvalue weighted by molar-refractivity contribution is 7.92. The maximum Gasteiger partial charge on any atom is 0.282 e. The monoisotopic (exact) mass is 455 g/mol. The molecule has 3 rings (SSSR count). The van der Waals surface area contributed by atoms with Crippen molar-refractivity contribution in [1.82, 2.24) is 19.5 Å². The first-order valence-corrected chi connectivity index (χ1v) is 11.8.